The first kappa shape index (κ1) is 63.8. The van der Waals surface area contributed by atoms with Crippen molar-refractivity contribution in [1.82, 2.24) is 0 Å². The Labute approximate surface area is 436 Å². The van der Waals surface area contributed by atoms with Crippen LogP contribution in [0.2, 0.25) is 0 Å². The summed E-state index contributed by atoms with van der Waals surface area (Å²) in [5, 5.41) is 87.2. The molecule has 0 amide bonds. The molecular formula is C57H57NO18. The highest BCUT2D eigenvalue weighted by molar-refractivity contribution is 5.91. The van der Waals surface area contributed by atoms with Crippen molar-refractivity contribution >= 4 is 47.5 Å². The first-order chi connectivity index (χ1) is 35.5. The van der Waals surface area contributed by atoms with Gasteiger partial charge in [0.25, 0.3) is 5.69 Å². The third-order valence-electron chi connectivity index (χ3n) is 9.72. The van der Waals surface area contributed by atoms with E-state index in [1.807, 2.05) is 31.2 Å². The Morgan fingerprint density at radius 2 is 0.737 bits per heavy atom. The smallest absolute Gasteiger partial charge is 0.339 e. The Morgan fingerprint density at radius 1 is 0.421 bits per heavy atom. The molecule has 9 N–H and O–H groups in total. The number of para-hydroxylation sites is 1. The van der Waals surface area contributed by atoms with Gasteiger partial charge < -0.3 is 46.0 Å². The summed E-state index contributed by atoms with van der Waals surface area (Å²) in [5.41, 5.74) is 4.87. The molecule has 0 spiro atoms. The van der Waals surface area contributed by atoms with Crippen molar-refractivity contribution < 1.29 is 84.4 Å². The third-order valence-corrected chi connectivity index (χ3v) is 9.72. The number of non-ortho nitro benzene ring substituents is 1. The van der Waals surface area contributed by atoms with E-state index in [-0.39, 0.29) is 39.3 Å². The number of aromatic carboxylic acids is 7. The summed E-state index contributed by atoms with van der Waals surface area (Å²) in [6, 6.07) is 44.9. The van der Waals surface area contributed by atoms with E-state index in [0.717, 1.165) is 23.3 Å². The molecule has 19 heteroatoms. The van der Waals surface area contributed by atoms with Crippen LogP contribution in [0.4, 0.5) is 5.69 Å². The van der Waals surface area contributed by atoms with Crippen LogP contribution in [0.1, 0.15) is 130 Å². The maximum Gasteiger partial charge on any atom is 0.339 e. The number of carboxylic acid groups (broad SMARTS) is 7. The zero-order valence-corrected chi connectivity index (χ0v) is 42.0. The molecule has 0 aromatic heterocycles. The van der Waals surface area contributed by atoms with Gasteiger partial charge in [-0.15, -0.1) is 0 Å². The molecule has 0 radical (unpaired) electrons. The molecule has 0 bridgehead atoms. The van der Waals surface area contributed by atoms with Crippen LogP contribution < -0.4 is 0 Å². The maximum absolute atomic E-state index is 10.6. The van der Waals surface area contributed by atoms with E-state index in [0.29, 0.717) is 28.2 Å². The topological polar surface area (TPSA) is 345 Å². The van der Waals surface area contributed by atoms with Gasteiger partial charge in [-0.2, -0.15) is 0 Å². The van der Waals surface area contributed by atoms with Crippen molar-refractivity contribution in [2.24, 2.45) is 0 Å². The average molecular weight is 1040 g/mol. The number of carboxylic acids is 7. The van der Waals surface area contributed by atoms with Gasteiger partial charge in [0.05, 0.1) is 38.3 Å². The van der Waals surface area contributed by atoms with E-state index in [4.69, 9.17) is 46.0 Å². The molecule has 7 rings (SSSR count). The zero-order chi connectivity index (χ0) is 57.7. The molecule has 0 aliphatic rings. The maximum atomic E-state index is 10.6. The van der Waals surface area contributed by atoms with Crippen LogP contribution in [0, 0.1) is 17.0 Å². The Bertz CT molecular complexity index is 2900. The number of nitrogens with zero attached hydrogens (tertiary/aromatic N) is 1. The molecule has 398 valence electrons. The predicted molar refractivity (Wildman–Crippen MR) is 281 cm³/mol. The number of phenols is 2. The van der Waals surface area contributed by atoms with Crippen molar-refractivity contribution in [3.05, 3.63) is 242 Å². The minimum atomic E-state index is -1.11. The van der Waals surface area contributed by atoms with Gasteiger partial charge >= 0.3 is 41.8 Å². The van der Waals surface area contributed by atoms with Gasteiger partial charge in [-0.3, -0.25) is 10.1 Å². The van der Waals surface area contributed by atoms with Crippen LogP contribution in [-0.2, 0) is 5.41 Å². The number of nitro benzene ring substituents is 1. The van der Waals surface area contributed by atoms with Crippen molar-refractivity contribution in [2.75, 3.05) is 0 Å². The quantitative estimate of drug-likeness (QED) is 0.0479. The number of rotatable bonds is 9. The lowest BCUT2D eigenvalue weighted by molar-refractivity contribution is -0.384. The molecule has 0 atom stereocenters. The van der Waals surface area contributed by atoms with E-state index in [1.54, 1.807) is 91.0 Å². The van der Waals surface area contributed by atoms with Gasteiger partial charge in [-0.05, 0) is 126 Å². The van der Waals surface area contributed by atoms with Gasteiger partial charge in [-0.25, -0.2) is 33.6 Å². The SMILES string of the molecule is CC(C)(C)c1ccc(C(=O)O)cc1.CC(C)c1ccc(C(=O)O)cc1.Cc1ccc(C(=O)O)cc1.O=C(O)c1ccc(O)cc1.O=C(O)c1ccc([N+](=O)[O-])cc1.O=C(O)c1ccccc1.O=C(O)c1ccccc1O. The second-order valence-electron chi connectivity index (χ2n) is 16.8. The molecule has 0 aliphatic carbocycles. The van der Waals surface area contributed by atoms with Crippen LogP contribution in [0.5, 0.6) is 11.5 Å². The summed E-state index contributed by atoms with van der Waals surface area (Å²) in [5.74, 6) is -6.36. The van der Waals surface area contributed by atoms with Crippen LogP contribution in [0.15, 0.2) is 176 Å². The first-order valence-electron chi connectivity index (χ1n) is 22.3. The van der Waals surface area contributed by atoms with Crippen LogP contribution in [-0.4, -0.2) is 92.7 Å². The number of phenolic OH excluding ortho intramolecular Hbond substituents is 1. The average Bonchev–Trinajstić information content (AvgIpc) is 3.38. The Hall–Kier alpha value is -10.2. The lowest BCUT2D eigenvalue weighted by atomic mass is 9.87. The van der Waals surface area contributed by atoms with Gasteiger partial charge in [0.1, 0.15) is 17.1 Å². The van der Waals surface area contributed by atoms with E-state index in [1.165, 1.54) is 54.1 Å². The molecule has 0 aliphatic heterocycles. The highest BCUT2D eigenvalue weighted by atomic mass is 16.6. The Morgan fingerprint density at radius 3 is 1.04 bits per heavy atom. The second kappa shape index (κ2) is 32.0. The number of hydrogen-bond donors (Lipinski definition) is 9. The number of benzene rings is 7. The molecule has 0 heterocycles. The highest BCUT2D eigenvalue weighted by Gasteiger charge is 2.14. The number of aromatic hydroxyl groups is 2. The lowest BCUT2D eigenvalue weighted by Crippen LogP contribution is -2.11. The summed E-state index contributed by atoms with van der Waals surface area (Å²) >= 11 is 0. The number of aryl methyl sites for hydroxylation is 1. The third kappa shape index (κ3) is 24.8. The number of nitro groups is 1. The standard InChI is InChI=1S/C11H14O2.C10H12O2.C8H8O2.C7H5NO4.2C7H6O3.C7H6O2/c1-11(2,3)9-6-4-8(5-7-9)10(12)13;1-7(2)8-3-5-9(6-4-8)10(11)12;1-6-2-4-7(5-3-6)8(9)10;9-7(10)5-1-3-6(4-2-5)8(11)12;8-6-3-1-5(2-4-6)7(9)10;8-6-4-2-1-3-5(6)7(9)10;8-7(9)6-4-2-1-3-5-6/h4-7H,1-3H3,(H,12,13);3-7H,1-2H3,(H,11,12);2-5H,1H3,(H,9,10);1-4H,(H,9,10);2*1-4,8H,(H,9,10);1-5H,(H,8,9). The molecule has 0 saturated carbocycles. The molecule has 19 nitrogen and oxygen atoms in total. The van der Waals surface area contributed by atoms with Crippen LogP contribution in [0.3, 0.4) is 0 Å². The van der Waals surface area contributed by atoms with Crippen molar-refractivity contribution in [2.45, 2.75) is 52.9 Å². The van der Waals surface area contributed by atoms with Crippen LogP contribution in [0.25, 0.3) is 0 Å². The summed E-state index contributed by atoms with van der Waals surface area (Å²) in [6.07, 6.45) is 0. The van der Waals surface area contributed by atoms with Crippen molar-refractivity contribution in [3.8, 4) is 11.5 Å². The fraction of sp³-hybridized carbons (Fsp3) is 0.140. The van der Waals surface area contributed by atoms with Crippen molar-refractivity contribution in [1.29, 1.82) is 0 Å². The van der Waals surface area contributed by atoms with Gasteiger partial charge in [-0.1, -0.05) is 107 Å². The molecule has 7 aromatic rings. The normalized spacial score (nSPS) is 9.72. The zero-order valence-electron chi connectivity index (χ0n) is 42.0. The monoisotopic (exact) mass is 1040 g/mol. The van der Waals surface area contributed by atoms with E-state index < -0.39 is 46.7 Å². The largest absolute Gasteiger partial charge is 0.508 e. The molecule has 0 fully saturated rings. The molecule has 7 aromatic carbocycles. The van der Waals surface area contributed by atoms with E-state index >= 15 is 0 Å². The van der Waals surface area contributed by atoms with E-state index in [2.05, 4.69) is 34.6 Å². The van der Waals surface area contributed by atoms with E-state index in [9.17, 15) is 43.7 Å². The summed E-state index contributed by atoms with van der Waals surface area (Å²) in [4.78, 5) is 81.9. The summed E-state index contributed by atoms with van der Waals surface area (Å²) < 4.78 is 0. The number of hydrogen-bond acceptors (Lipinski definition) is 11. The molecule has 0 saturated heterocycles. The molecule has 0 unspecified atom stereocenters. The number of carbonyl (C=O) groups is 7. The Balaban J connectivity index is 0.000000445. The molecule has 76 heavy (non-hydrogen) atoms. The Kier molecular flexibility index (Phi) is 26.9. The predicted octanol–water partition coefficient (Wildman–Crippen LogP) is 11.7. The minimum Gasteiger partial charge on any atom is -0.508 e. The first-order valence-corrected chi connectivity index (χ1v) is 22.3. The van der Waals surface area contributed by atoms with Crippen molar-refractivity contribution in [3.63, 3.8) is 0 Å². The van der Waals surface area contributed by atoms with Gasteiger partial charge in [0.2, 0.25) is 0 Å². The lowest BCUT2D eigenvalue weighted by Gasteiger charge is -2.18. The molecular weight excluding hydrogens is 987 g/mol. The second-order valence-corrected chi connectivity index (χ2v) is 16.8. The summed E-state index contributed by atoms with van der Waals surface area (Å²) in [6.45, 7) is 12.4. The van der Waals surface area contributed by atoms with Crippen LogP contribution >= 0.6 is 0 Å². The van der Waals surface area contributed by atoms with Gasteiger partial charge in [0.15, 0.2) is 0 Å². The van der Waals surface area contributed by atoms with Gasteiger partial charge in [0, 0.05) is 12.1 Å². The minimum absolute atomic E-state index is 0.0422. The fourth-order valence-electron chi connectivity index (χ4n) is 5.38. The highest BCUT2D eigenvalue weighted by Crippen LogP contribution is 2.22. The fourth-order valence-corrected chi connectivity index (χ4v) is 5.38. The summed E-state index contributed by atoms with van der Waals surface area (Å²) in [7, 11) is 0.